The molecule has 20 heavy (non-hydrogen) atoms. The van der Waals surface area contributed by atoms with E-state index in [1.54, 1.807) is 0 Å². The van der Waals surface area contributed by atoms with Gasteiger partial charge in [0.25, 0.3) is 0 Å². The van der Waals surface area contributed by atoms with Crippen molar-refractivity contribution in [2.24, 2.45) is 22.6 Å². The first-order chi connectivity index (χ1) is 8.79. The van der Waals surface area contributed by atoms with Crippen LogP contribution in [0.2, 0.25) is 0 Å². The summed E-state index contributed by atoms with van der Waals surface area (Å²) in [5, 5.41) is -1.28. The largest absolute Gasteiger partial charge is 0.332 e. The zero-order chi connectivity index (χ0) is 15.6. The van der Waals surface area contributed by atoms with Gasteiger partial charge in [-0.15, -0.1) is 0 Å². The number of hydrogen-bond acceptors (Lipinski definition) is 5. The molecule has 2 saturated carbocycles. The summed E-state index contributed by atoms with van der Waals surface area (Å²) in [4.78, 5) is 37.1. The van der Waals surface area contributed by atoms with E-state index in [9.17, 15) is 18.9 Å². The van der Waals surface area contributed by atoms with Gasteiger partial charge in [-0.1, -0.05) is 0 Å². The third kappa shape index (κ3) is 2.31. The van der Waals surface area contributed by atoms with Gasteiger partial charge in [0, 0.05) is 11.5 Å². The minimum absolute atomic E-state index is 0.302. The predicted octanol–water partition coefficient (Wildman–Crippen LogP) is -1.40. The van der Waals surface area contributed by atoms with Gasteiger partial charge in [0.2, 0.25) is 0 Å². The van der Waals surface area contributed by atoms with Gasteiger partial charge in [-0.2, -0.15) is 0 Å². The molecule has 0 aromatic heterocycles. The minimum Gasteiger partial charge on any atom is -0.324 e. The average Bonchev–Trinajstić information content (AvgIpc) is 3.06. The fourth-order valence-electron chi connectivity index (χ4n) is 3.36. The summed E-state index contributed by atoms with van der Waals surface area (Å²) < 4.78 is 22.8. The summed E-state index contributed by atoms with van der Waals surface area (Å²) >= 11 is 0. The van der Waals surface area contributed by atoms with Gasteiger partial charge in [-0.25, -0.2) is 0 Å². The molecular weight excluding hydrogens is 308 g/mol. The highest BCUT2D eigenvalue weighted by Gasteiger charge is 2.79. The van der Waals surface area contributed by atoms with Crippen LogP contribution in [0.4, 0.5) is 0 Å². The molecule has 0 bridgehead atoms. The third-order valence-corrected chi connectivity index (χ3v) is 7.66. The molecule has 0 heterocycles. The molecule has 11 heteroatoms. The number of rotatable bonds is 6. The van der Waals surface area contributed by atoms with Crippen molar-refractivity contribution in [1.82, 2.24) is 0 Å². The van der Waals surface area contributed by atoms with E-state index in [1.165, 1.54) is 0 Å². The fraction of sp³-hybridized carbons (Fsp3) is 1.00. The summed E-state index contributed by atoms with van der Waals surface area (Å²) in [6, 6.07) is -1.24. The Morgan fingerprint density at radius 2 is 1.50 bits per heavy atom. The third-order valence-electron chi connectivity index (χ3n) is 4.80. The van der Waals surface area contributed by atoms with Crippen molar-refractivity contribution in [2.75, 3.05) is 6.16 Å². The van der Waals surface area contributed by atoms with Crippen LogP contribution in [0.1, 0.15) is 25.7 Å². The molecule has 2 fully saturated rings. The van der Waals surface area contributed by atoms with Crippen molar-refractivity contribution < 1.29 is 28.7 Å². The first-order valence-electron chi connectivity index (χ1n) is 6.23. The maximum Gasteiger partial charge on any atom is 0.332 e. The molecule has 0 aromatic rings. The van der Waals surface area contributed by atoms with E-state index in [1.807, 2.05) is 0 Å². The Balaban J connectivity index is 2.30. The minimum atomic E-state index is -4.41. The van der Waals surface area contributed by atoms with Crippen LogP contribution in [-0.4, -0.2) is 42.6 Å². The second-order valence-corrected chi connectivity index (χ2v) is 9.68. The molecule has 0 radical (unpaired) electrons. The highest BCUT2D eigenvalue weighted by Crippen LogP contribution is 2.81. The Labute approximate surface area is 116 Å². The van der Waals surface area contributed by atoms with Crippen molar-refractivity contribution in [2.45, 2.75) is 42.5 Å². The molecule has 0 aliphatic heterocycles. The Hall–Kier alpha value is 0.180. The normalized spacial score (nSPS) is 26.1. The maximum absolute atomic E-state index is 11.7. The van der Waals surface area contributed by atoms with Crippen LogP contribution in [0.3, 0.4) is 0 Å². The highest BCUT2D eigenvalue weighted by atomic mass is 31.2. The van der Waals surface area contributed by atoms with Crippen LogP contribution in [-0.2, 0) is 9.13 Å². The molecule has 1 atom stereocenters. The lowest BCUT2D eigenvalue weighted by molar-refractivity contribution is 0.178. The molecule has 1 unspecified atom stereocenters. The van der Waals surface area contributed by atoms with E-state index in [0.29, 0.717) is 25.7 Å². The zero-order valence-corrected chi connectivity index (χ0v) is 12.6. The first-order valence-corrected chi connectivity index (χ1v) is 9.64. The van der Waals surface area contributed by atoms with E-state index in [0.717, 1.165) is 0 Å². The number of nitrogens with two attached hydrogens (primary N) is 3. The fourth-order valence-corrected chi connectivity index (χ4v) is 5.84. The maximum atomic E-state index is 11.7. The molecule has 10 N–H and O–H groups in total. The van der Waals surface area contributed by atoms with Crippen LogP contribution in [0.15, 0.2) is 0 Å². The van der Waals surface area contributed by atoms with E-state index < -0.39 is 43.6 Å². The summed E-state index contributed by atoms with van der Waals surface area (Å²) in [6.07, 6.45) is 0.699. The van der Waals surface area contributed by atoms with E-state index in [2.05, 4.69) is 0 Å². The smallest absolute Gasteiger partial charge is 0.324 e. The van der Waals surface area contributed by atoms with Crippen molar-refractivity contribution >= 4 is 15.2 Å². The molecule has 0 spiro atoms. The first kappa shape index (κ1) is 16.5. The summed E-state index contributed by atoms with van der Waals surface area (Å²) in [6.45, 7) is 0. The molecule has 9 nitrogen and oxygen atoms in total. The van der Waals surface area contributed by atoms with Gasteiger partial charge < -0.3 is 36.8 Å². The Bertz CT molecular complexity index is 504. The van der Waals surface area contributed by atoms with Gasteiger partial charge in [-0.05, 0) is 25.7 Å². The molecule has 2 aliphatic rings. The molecule has 0 aromatic carbocycles. The molecule has 2 rings (SSSR count). The van der Waals surface area contributed by atoms with Gasteiger partial charge in [-0.3, -0.25) is 9.13 Å². The topological polar surface area (TPSA) is 193 Å². The molecule has 2 aliphatic carbocycles. The Morgan fingerprint density at radius 1 is 1.05 bits per heavy atom. The lowest BCUT2D eigenvalue weighted by Crippen LogP contribution is -2.71. The van der Waals surface area contributed by atoms with Crippen molar-refractivity contribution in [3.63, 3.8) is 0 Å². The van der Waals surface area contributed by atoms with Crippen LogP contribution in [0.5, 0.6) is 0 Å². The van der Waals surface area contributed by atoms with Gasteiger partial charge in [0.1, 0.15) is 0 Å². The van der Waals surface area contributed by atoms with Gasteiger partial charge >= 0.3 is 15.2 Å². The van der Waals surface area contributed by atoms with E-state index in [-0.39, 0.29) is 0 Å². The lowest BCUT2D eigenvalue weighted by Gasteiger charge is -2.44. The second-order valence-electron chi connectivity index (χ2n) is 6.04. The summed E-state index contributed by atoms with van der Waals surface area (Å²) in [5.74, 6) is 0. The molecule has 0 saturated heterocycles. The SMILES string of the molecule is NC(CP(=O)(O)O)C(N)(N)C1(C2(P(=O)(O)O)CC2)CC1. The molecule has 0 amide bonds. The number of hydrogen-bond donors (Lipinski definition) is 7. The van der Waals surface area contributed by atoms with Crippen molar-refractivity contribution in [3.8, 4) is 0 Å². The standard InChI is InChI=1S/C9H21N3O6P2/c10-6(5-19(13,14)15)9(11,12)7(1-2-7)8(3-4-8)20(16,17)18/h6H,1-5,10-12H2,(H2,13,14,15)(H2,16,17,18). The van der Waals surface area contributed by atoms with Crippen LogP contribution < -0.4 is 17.2 Å². The monoisotopic (exact) mass is 329 g/mol. The Kier molecular flexibility index (Phi) is 3.60. The molecule has 118 valence electrons. The second kappa shape index (κ2) is 4.35. The highest BCUT2D eigenvalue weighted by molar-refractivity contribution is 7.54. The predicted molar refractivity (Wildman–Crippen MR) is 71.7 cm³/mol. The van der Waals surface area contributed by atoms with Crippen molar-refractivity contribution in [1.29, 1.82) is 0 Å². The van der Waals surface area contributed by atoms with Crippen molar-refractivity contribution in [3.05, 3.63) is 0 Å². The van der Waals surface area contributed by atoms with E-state index >= 15 is 0 Å². The average molecular weight is 329 g/mol. The summed E-state index contributed by atoms with van der Waals surface area (Å²) in [5.41, 5.74) is 15.0. The quantitative estimate of drug-likeness (QED) is 0.226. The van der Waals surface area contributed by atoms with Gasteiger partial charge in [0.15, 0.2) is 0 Å². The van der Waals surface area contributed by atoms with Crippen LogP contribution in [0, 0.1) is 5.41 Å². The van der Waals surface area contributed by atoms with Crippen LogP contribution in [0.25, 0.3) is 0 Å². The zero-order valence-electron chi connectivity index (χ0n) is 10.8. The lowest BCUT2D eigenvalue weighted by atomic mass is 9.80. The van der Waals surface area contributed by atoms with Crippen LogP contribution >= 0.6 is 15.2 Å². The van der Waals surface area contributed by atoms with Gasteiger partial charge in [0.05, 0.1) is 17.0 Å². The van der Waals surface area contributed by atoms with E-state index in [4.69, 9.17) is 27.0 Å². The molecular formula is C9H21N3O6P2. The Morgan fingerprint density at radius 3 is 1.75 bits per heavy atom. The summed E-state index contributed by atoms with van der Waals surface area (Å²) in [7, 11) is -8.83.